The van der Waals surface area contributed by atoms with Gasteiger partial charge in [0.1, 0.15) is 10.8 Å². The molecule has 6 nitrogen and oxygen atoms in total. The van der Waals surface area contributed by atoms with Crippen molar-refractivity contribution in [3.8, 4) is 0 Å². The second-order valence-corrected chi connectivity index (χ2v) is 9.42. The number of nitrogens with zero attached hydrogens (tertiary/aromatic N) is 2. The van der Waals surface area contributed by atoms with E-state index in [1.807, 2.05) is 13.8 Å². The molecule has 2 fully saturated rings. The Morgan fingerprint density at radius 3 is 2.50 bits per heavy atom. The molecule has 1 aromatic heterocycles. The van der Waals surface area contributed by atoms with E-state index >= 15 is 0 Å². The van der Waals surface area contributed by atoms with Crippen LogP contribution in [0.25, 0.3) is 0 Å². The maximum Gasteiger partial charge on any atom is 0.410 e. The Hall–Kier alpha value is -1.12. The monoisotopic (exact) mass is 344 g/mol. The molecule has 0 saturated carbocycles. The zero-order valence-corrected chi connectivity index (χ0v) is 14.3. The van der Waals surface area contributed by atoms with E-state index in [0.717, 1.165) is 0 Å². The number of thiophene rings is 1. The van der Waals surface area contributed by atoms with Crippen molar-refractivity contribution in [2.45, 2.75) is 42.5 Å². The first-order valence-electron chi connectivity index (χ1n) is 7.32. The van der Waals surface area contributed by atoms with E-state index in [2.05, 4.69) is 0 Å². The number of hydrogen-bond donors (Lipinski definition) is 0. The number of amides is 1. The molecule has 0 atom stereocenters. The van der Waals surface area contributed by atoms with Gasteiger partial charge in [-0.3, -0.25) is 4.90 Å². The average molecular weight is 344 g/mol. The summed E-state index contributed by atoms with van der Waals surface area (Å²) in [4.78, 5) is 13.7. The zero-order chi connectivity index (χ0) is 16.0. The normalized spacial score (nSPS) is 23.7. The van der Waals surface area contributed by atoms with Gasteiger partial charge in [-0.1, -0.05) is 6.07 Å². The summed E-state index contributed by atoms with van der Waals surface area (Å²) in [6.45, 7) is 5.22. The Kier molecular flexibility index (Phi) is 3.94. The fourth-order valence-electron chi connectivity index (χ4n) is 3.15. The van der Waals surface area contributed by atoms with Gasteiger partial charge in [-0.2, -0.15) is 4.31 Å². The number of sulfonamides is 1. The lowest BCUT2D eigenvalue weighted by Gasteiger charge is -2.40. The molecule has 3 heterocycles. The van der Waals surface area contributed by atoms with Gasteiger partial charge in [0.15, 0.2) is 0 Å². The van der Waals surface area contributed by atoms with Crippen LogP contribution in [0, 0.1) is 0 Å². The summed E-state index contributed by atoms with van der Waals surface area (Å²) >= 11 is 1.24. The molecule has 8 heteroatoms. The number of hydrogen-bond acceptors (Lipinski definition) is 5. The summed E-state index contributed by atoms with van der Waals surface area (Å²) in [5.74, 6) is 0. The van der Waals surface area contributed by atoms with Crippen molar-refractivity contribution in [2.75, 3.05) is 19.7 Å². The van der Waals surface area contributed by atoms with Crippen LogP contribution in [0.2, 0.25) is 0 Å². The summed E-state index contributed by atoms with van der Waals surface area (Å²) in [6, 6.07) is 3.42. The Balaban J connectivity index is 1.70. The van der Waals surface area contributed by atoms with Crippen molar-refractivity contribution >= 4 is 27.5 Å². The highest BCUT2D eigenvalue weighted by atomic mass is 32.2. The fourth-order valence-corrected chi connectivity index (χ4v) is 5.76. The number of cyclic esters (lactones) is 1. The van der Waals surface area contributed by atoms with Crippen LogP contribution in [0.3, 0.4) is 0 Å². The van der Waals surface area contributed by atoms with Crippen LogP contribution in [0.15, 0.2) is 21.7 Å². The molecule has 0 unspecified atom stereocenters. The zero-order valence-electron chi connectivity index (χ0n) is 12.7. The van der Waals surface area contributed by atoms with Gasteiger partial charge >= 0.3 is 6.09 Å². The molecule has 0 bridgehead atoms. The molecule has 2 aliphatic heterocycles. The minimum atomic E-state index is -3.39. The van der Waals surface area contributed by atoms with Crippen molar-refractivity contribution in [3.05, 3.63) is 17.5 Å². The number of carbonyl (C=O) groups excluding carboxylic acids is 1. The number of carbonyl (C=O) groups is 1. The second-order valence-electron chi connectivity index (χ2n) is 6.30. The standard InChI is InChI=1S/C14H20N2O4S2/c1-14(2)10-20-13(17)16(14)11-5-7-15(8-6-11)22(18,19)12-4-3-9-21-12/h3-4,9,11H,5-8,10H2,1-2H3. The highest BCUT2D eigenvalue weighted by molar-refractivity contribution is 7.91. The van der Waals surface area contributed by atoms with E-state index in [4.69, 9.17) is 4.74 Å². The van der Waals surface area contributed by atoms with Gasteiger partial charge in [-0.05, 0) is 38.1 Å². The van der Waals surface area contributed by atoms with Gasteiger partial charge in [-0.15, -0.1) is 11.3 Å². The topological polar surface area (TPSA) is 66.9 Å². The third kappa shape index (κ3) is 2.63. The van der Waals surface area contributed by atoms with E-state index < -0.39 is 10.0 Å². The molecule has 122 valence electrons. The maximum absolute atomic E-state index is 12.5. The lowest BCUT2D eigenvalue weighted by atomic mass is 9.98. The molecule has 2 aliphatic rings. The van der Waals surface area contributed by atoms with Crippen molar-refractivity contribution < 1.29 is 17.9 Å². The molecule has 2 saturated heterocycles. The van der Waals surface area contributed by atoms with Crippen LogP contribution < -0.4 is 0 Å². The molecular weight excluding hydrogens is 324 g/mol. The Morgan fingerprint density at radius 2 is 2.00 bits per heavy atom. The van der Waals surface area contributed by atoms with E-state index in [0.29, 0.717) is 36.7 Å². The van der Waals surface area contributed by atoms with E-state index in [-0.39, 0.29) is 17.7 Å². The number of piperidine rings is 1. The third-order valence-electron chi connectivity index (χ3n) is 4.28. The van der Waals surface area contributed by atoms with Crippen molar-refractivity contribution in [1.29, 1.82) is 0 Å². The van der Waals surface area contributed by atoms with Crippen LogP contribution >= 0.6 is 11.3 Å². The largest absolute Gasteiger partial charge is 0.447 e. The quantitative estimate of drug-likeness (QED) is 0.842. The predicted octanol–water partition coefficient (Wildman–Crippen LogP) is 2.13. The average Bonchev–Trinajstić information content (AvgIpc) is 3.08. The summed E-state index contributed by atoms with van der Waals surface area (Å²) < 4.78 is 32.0. The van der Waals surface area contributed by atoms with Crippen LogP contribution in [-0.4, -0.2) is 55.0 Å². The molecule has 0 aromatic carbocycles. The summed E-state index contributed by atoms with van der Waals surface area (Å²) in [5, 5.41) is 1.77. The molecule has 1 amide bonds. The Bertz CT molecular complexity index is 646. The van der Waals surface area contributed by atoms with Crippen molar-refractivity contribution in [3.63, 3.8) is 0 Å². The highest BCUT2D eigenvalue weighted by Crippen LogP contribution is 2.32. The van der Waals surface area contributed by atoms with Crippen LogP contribution in [0.1, 0.15) is 26.7 Å². The van der Waals surface area contributed by atoms with E-state index in [1.165, 1.54) is 15.6 Å². The van der Waals surface area contributed by atoms with Crippen molar-refractivity contribution in [2.24, 2.45) is 0 Å². The molecule has 1 aromatic rings. The molecule has 0 spiro atoms. The molecule has 22 heavy (non-hydrogen) atoms. The van der Waals surface area contributed by atoms with Gasteiger partial charge in [0.05, 0.1) is 5.54 Å². The van der Waals surface area contributed by atoms with Gasteiger partial charge in [-0.25, -0.2) is 13.2 Å². The Morgan fingerprint density at radius 1 is 1.32 bits per heavy atom. The van der Waals surface area contributed by atoms with Crippen LogP contribution in [0.4, 0.5) is 4.79 Å². The first kappa shape index (κ1) is 15.8. The minimum Gasteiger partial charge on any atom is -0.447 e. The first-order chi connectivity index (χ1) is 10.3. The number of ether oxygens (including phenoxy) is 1. The predicted molar refractivity (Wildman–Crippen MR) is 83.4 cm³/mol. The van der Waals surface area contributed by atoms with Crippen LogP contribution in [0.5, 0.6) is 0 Å². The molecule has 3 rings (SSSR count). The van der Waals surface area contributed by atoms with Gasteiger partial charge < -0.3 is 4.74 Å². The summed E-state index contributed by atoms with van der Waals surface area (Å²) in [5.41, 5.74) is -0.323. The number of rotatable bonds is 3. The van der Waals surface area contributed by atoms with E-state index in [1.54, 1.807) is 22.4 Å². The SMILES string of the molecule is CC1(C)COC(=O)N1C1CCN(S(=O)(=O)c2cccs2)CC1. The third-order valence-corrected chi connectivity index (χ3v) is 7.55. The lowest BCUT2D eigenvalue weighted by molar-refractivity contribution is 0.104. The van der Waals surface area contributed by atoms with Crippen LogP contribution in [-0.2, 0) is 14.8 Å². The second kappa shape index (κ2) is 5.50. The molecule has 0 N–H and O–H groups in total. The molecule has 0 aliphatic carbocycles. The van der Waals surface area contributed by atoms with Crippen molar-refractivity contribution in [1.82, 2.24) is 9.21 Å². The summed E-state index contributed by atoms with van der Waals surface area (Å²) in [6.07, 6.45) is 0.997. The highest BCUT2D eigenvalue weighted by Gasteiger charge is 2.45. The minimum absolute atomic E-state index is 0.0415. The fraction of sp³-hybridized carbons (Fsp3) is 0.643. The van der Waals surface area contributed by atoms with E-state index in [9.17, 15) is 13.2 Å². The lowest BCUT2D eigenvalue weighted by Crippen LogP contribution is -2.53. The molecular formula is C14H20N2O4S2. The maximum atomic E-state index is 12.5. The smallest absolute Gasteiger partial charge is 0.410 e. The first-order valence-corrected chi connectivity index (χ1v) is 9.64. The van der Waals surface area contributed by atoms with Gasteiger partial charge in [0.2, 0.25) is 0 Å². The summed E-state index contributed by atoms with van der Waals surface area (Å²) in [7, 11) is -3.39. The molecule has 0 radical (unpaired) electrons. The van der Waals surface area contributed by atoms with Gasteiger partial charge in [0.25, 0.3) is 10.0 Å². The Labute approximate surface area is 134 Å². The van der Waals surface area contributed by atoms with Gasteiger partial charge in [0, 0.05) is 19.1 Å².